The van der Waals surface area contributed by atoms with Gasteiger partial charge in [-0.2, -0.15) is 0 Å². The first-order chi connectivity index (χ1) is 6.25. The minimum Gasteiger partial charge on any atom is -0.378 e. The summed E-state index contributed by atoms with van der Waals surface area (Å²) in [6.07, 6.45) is 2.33. The largest absolute Gasteiger partial charge is 0.386 e. The molecule has 1 aromatic rings. The summed E-state index contributed by atoms with van der Waals surface area (Å²) in [5.74, 6) is -0.115. The van der Waals surface area contributed by atoms with Crippen LogP contribution in [-0.2, 0) is 0 Å². The highest BCUT2D eigenvalue weighted by Gasteiger charge is 2.12. The highest BCUT2D eigenvalue weighted by molar-refractivity contribution is 5.56. The molecule has 0 atom stereocenters. The first kappa shape index (κ1) is 9.44. The number of hydrogen-bond acceptors (Lipinski definition) is 4. The van der Waals surface area contributed by atoms with Crippen LogP contribution in [0.3, 0.4) is 0 Å². The Morgan fingerprint density at radius 2 is 2.46 bits per heavy atom. The van der Waals surface area contributed by atoms with Crippen LogP contribution in [0.25, 0.3) is 0 Å². The van der Waals surface area contributed by atoms with E-state index in [1.165, 1.54) is 6.20 Å². The lowest BCUT2D eigenvalue weighted by Crippen LogP contribution is -2.04. The van der Waals surface area contributed by atoms with E-state index in [0.717, 1.165) is 6.42 Å². The molecular formula is C8H11N3O2. The van der Waals surface area contributed by atoms with Crippen molar-refractivity contribution in [2.45, 2.75) is 13.3 Å². The fraction of sp³-hybridized carbons (Fsp3) is 0.375. The molecule has 70 valence electrons. The van der Waals surface area contributed by atoms with E-state index >= 15 is 0 Å². The van der Waals surface area contributed by atoms with Gasteiger partial charge in [-0.3, -0.25) is 0 Å². The highest BCUT2D eigenvalue weighted by Crippen LogP contribution is 2.19. The summed E-state index contributed by atoms with van der Waals surface area (Å²) in [4.78, 5) is 13.7. The van der Waals surface area contributed by atoms with Crippen LogP contribution in [0.2, 0.25) is 0 Å². The van der Waals surface area contributed by atoms with Crippen molar-refractivity contribution in [2.24, 2.45) is 0 Å². The van der Waals surface area contributed by atoms with Gasteiger partial charge in [-0.1, -0.05) is 6.92 Å². The van der Waals surface area contributed by atoms with Crippen LogP contribution in [0, 0.1) is 10.1 Å². The smallest absolute Gasteiger partial charge is 0.378 e. The number of aromatic nitrogens is 1. The number of rotatable bonds is 4. The van der Waals surface area contributed by atoms with E-state index in [-0.39, 0.29) is 5.82 Å². The lowest BCUT2D eigenvalue weighted by Gasteiger charge is -2.03. The van der Waals surface area contributed by atoms with Crippen LogP contribution >= 0.6 is 0 Å². The second-order valence-electron chi connectivity index (χ2n) is 2.56. The summed E-state index contributed by atoms with van der Waals surface area (Å²) in [6.45, 7) is 2.71. The maximum Gasteiger partial charge on any atom is 0.386 e. The third-order valence-corrected chi connectivity index (χ3v) is 1.53. The van der Waals surface area contributed by atoms with Crippen molar-refractivity contribution in [3.8, 4) is 0 Å². The monoisotopic (exact) mass is 181 g/mol. The van der Waals surface area contributed by atoms with E-state index in [4.69, 9.17) is 0 Å². The molecule has 1 rings (SSSR count). The van der Waals surface area contributed by atoms with E-state index in [1.54, 1.807) is 12.1 Å². The summed E-state index contributed by atoms with van der Waals surface area (Å²) in [7, 11) is 0. The summed E-state index contributed by atoms with van der Waals surface area (Å²) in [5.41, 5.74) is 0.481. The van der Waals surface area contributed by atoms with Crippen LogP contribution in [-0.4, -0.2) is 16.5 Å². The summed E-state index contributed by atoms with van der Waals surface area (Å²) >= 11 is 0. The lowest BCUT2D eigenvalue weighted by atomic mass is 10.3. The molecule has 5 nitrogen and oxygen atoms in total. The van der Waals surface area contributed by atoms with Crippen LogP contribution in [0.1, 0.15) is 13.3 Å². The quantitative estimate of drug-likeness (QED) is 0.568. The van der Waals surface area contributed by atoms with Crippen LogP contribution in [0.15, 0.2) is 18.3 Å². The molecule has 0 aliphatic heterocycles. The standard InChI is InChI=1S/C8H11N3O2/c1-2-5-9-7-4-3-6-10-8(7)11(12)13/h3-4,6,9H,2,5H2,1H3. The summed E-state index contributed by atoms with van der Waals surface area (Å²) < 4.78 is 0. The number of pyridine rings is 1. The van der Waals surface area contributed by atoms with Gasteiger partial charge in [0, 0.05) is 6.54 Å². The Bertz CT molecular complexity index is 301. The van der Waals surface area contributed by atoms with Crippen molar-refractivity contribution in [2.75, 3.05) is 11.9 Å². The maximum absolute atomic E-state index is 10.5. The van der Waals surface area contributed by atoms with E-state index in [9.17, 15) is 10.1 Å². The molecule has 0 saturated carbocycles. The van der Waals surface area contributed by atoms with E-state index < -0.39 is 4.92 Å². The molecule has 13 heavy (non-hydrogen) atoms. The van der Waals surface area contributed by atoms with Gasteiger partial charge >= 0.3 is 5.82 Å². The molecule has 0 amide bonds. The van der Waals surface area contributed by atoms with Crippen molar-refractivity contribution in [3.63, 3.8) is 0 Å². The minimum absolute atomic E-state index is 0.115. The molecule has 0 spiro atoms. The zero-order valence-electron chi connectivity index (χ0n) is 7.36. The Morgan fingerprint density at radius 1 is 1.69 bits per heavy atom. The van der Waals surface area contributed by atoms with Gasteiger partial charge in [0.15, 0.2) is 0 Å². The van der Waals surface area contributed by atoms with E-state index in [1.807, 2.05) is 6.92 Å². The van der Waals surface area contributed by atoms with Crippen molar-refractivity contribution in [1.29, 1.82) is 0 Å². The number of nitrogens with zero attached hydrogens (tertiary/aromatic N) is 2. The van der Waals surface area contributed by atoms with Crippen molar-refractivity contribution in [3.05, 3.63) is 28.4 Å². The Kier molecular flexibility index (Phi) is 3.19. The van der Waals surface area contributed by atoms with Gasteiger partial charge in [0.25, 0.3) is 0 Å². The van der Waals surface area contributed by atoms with Gasteiger partial charge in [-0.05, 0) is 28.5 Å². The fourth-order valence-electron chi connectivity index (χ4n) is 0.940. The maximum atomic E-state index is 10.5. The average molecular weight is 181 g/mol. The second-order valence-corrected chi connectivity index (χ2v) is 2.56. The second kappa shape index (κ2) is 4.39. The van der Waals surface area contributed by atoms with E-state index in [2.05, 4.69) is 10.3 Å². The Morgan fingerprint density at radius 3 is 3.08 bits per heavy atom. The SMILES string of the molecule is CCCNc1cccnc1[N+](=O)[O-]. The van der Waals surface area contributed by atoms with Gasteiger partial charge < -0.3 is 15.4 Å². The Labute approximate surface area is 75.9 Å². The third kappa shape index (κ3) is 2.40. The lowest BCUT2D eigenvalue weighted by molar-refractivity contribution is -0.388. The van der Waals surface area contributed by atoms with Crippen LogP contribution < -0.4 is 5.32 Å². The molecular weight excluding hydrogens is 170 g/mol. The molecule has 0 radical (unpaired) electrons. The fourth-order valence-corrected chi connectivity index (χ4v) is 0.940. The number of anilines is 1. The zero-order valence-corrected chi connectivity index (χ0v) is 7.36. The molecule has 5 heteroatoms. The third-order valence-electron chi connectivity index (χ3n) is 1.53. The first-order valence-corrected chi connectivity index (χ1v) is 4.09. The number of nitro groups is 1. The van der Waals surface area contributed by atoms with Gasteiger partial charge in [0.1, 0.15) is 11.9 Å². The van der Waals surface area contributed by atoms with Gasteiger partial charge in [-0.15, -0.1) is 0 Å². The van der Waals surface area contributed by atoms with Gasteiger partial charge in [-0.25, -0.2) is 0 Å². The molecule has 1 N–H and O–H groups in total. The molecule has 0 aliphatic carbocycles. The van der Waals surface area contributed by atoms with Crippen molar-refractivity contribution in [1.82, 2.24) is 4.98 Å². The predicted octanol–water partition coefficient (Wildman–Crippen LogP) is 1.81. The molecule has 0 bridgehead atoms. The molecule has 0 fully saturated rings. The van der Waals surface area contributed by atoms with Crippen molar-refractivity contribution >= 4 is 11.5 Å². The number of hydrogen-bond donors (Lipinski definition) is 1. The van der Waals surface area contributed by atoms with Crippen LogP contribution in [0.4, 0.5) is 11.5 Å². The molecule has 0 saturated heterocycles. The van der Waals surface area contributed by atoms with E-state index in [0.29, 0.717) is 12.2 Å². The molecule has 0 unspecified atom stereocenters. The first-order valence-electron chi connectivity index (χ1n) is 4.09. The topological polar surface area (TPSA) is 68.1 Å². The molecule has 1 aromatic heterocycles. The van der Waals surface area contributed by atoms with Crippen LogP contribution in [0.5, 0.6) is 0 Å². The predicted molar refractivity (Wildman–Crippen MR) is 49.7 cm³/mol. The zero-order chi connectivity index (χ0) is 9.68. The molecule has 1 heterocycles. The molecule has 0 aliphatic rings. The highest BCUT2D eigenvalue weighted by atomic mass is 16.6. The summed E-state index contributed by atoms with van der Waals surface area (Å²) in [6, 6.07) is 3.33. The minimum atomic E-state index is -0.488. The van der Waals surface area contributed by atoms with Crippen molar-refractivity contribution < 1.29 is 4.92 Å². The average Bonchev–Trinajstić information content (AvgIpc) is 2.15. The Hall–Kier alpha value is -1.65. The number of nitrogens with one attached hydrogen (secondary N) is 1. The Balaban J connectivity index is 2.84. The summed E-state index contributed by atoms with van der Waals surface area (Å²) in [5, 5.41) is 13.4. The normalized spacial score (nSPS) is 9.62. The van der Waals surface area contributed by atoms with Gasteiger partial charge in [0.2, 0.25) is 0 Å². The van der Waals surface area contributed by atoms with Gasteiger partial charge in [0.05, 0.1) is 0 Å². The molecule has 0 aromatic carbocycles.